The van der Waals surface area contributed by atoms with E-state index < -0.39 is 65.0 Å². The molecule has 0 radical (unpaired) electrons. The molecule has 0 aliphatic carbocycles. The second-order valence-corrected chi connectivity index (χ2v) is 11.6. The van der Waals surface area contributed by atoms with Crippen LogP contribution in [0.25, 0.3) is 0 Å². The highest BCUT2D eigenvalue weighted by atomic mass is 35.5. The molecule has 1 aliphatic rings. The van der Waals surface area contributed by atoms with E-state index in [-0.39, 0.29) is 5.82 Å². The van der Waals surface area contributed by atoms with Crippen LogP contribution >= 0.6 is 35.1 Å². The van der Waals surface area contributed by atoms with Crippen LogP contribution in [0.15, 0.2) is 17.1 Å². The molecule has 7 N–H and O–H groups in total. The molecule has 0 bridgehead atoms. The van der Waals surface area contributed by atoms with Crippen molar-refractivity contribution in [2.24, 2.45) is 5.92 Å². The van der Waals surface area contributed by atoms with Crippen LogP contribution in [0, 0.1) is 18.3 Å². The fraction of sp³-hybridized carbons (Fsp3) is 0.538. The SMILES string of the molecule is C#CC1(Cl)C(CO)[C@@H]([C@H](C)OP(=O)(O)OP(=O)(O)OP(=O)(O)O)O[C@H]1n1ccc(N)nc1=O. The highest BCUT2D eigenvalue weighted by Gasteiger charge is 2.58. The Morgan fingerprint density at radius 2 is 1.94 bits per heavy atom. The average molecular weight is 554 g/mol. The lowest BCUT2D eigenvalue weighted by molar-refractivity contribution is -0.0666. The summed E-state index contributed by atoms with van der Waals surface area (Å²) in [6.07, 6.45) is 2.22. The Kier molecular flexibility index (Phi) is 8.39. The number of terminal acetylenes is 1. The summed E-state index contributed by atoms with van der Waals surface area (Å²) >= 11 is 6.47. The molecule has 1 aliphatic heterocycles. The van der Waals surface area contributed by atoms with E-state index >= 15 is 0 Å². The summed E-state index contributed by atoms with van der Waals surface area (Å²) in [5.74, 6) is 0.841. The van der Waals surface area contributed by atoms with Gasteiger partial charge >= 0.3 is 29.2 Å². The molecule has 1 aromatic heterocycles. The molecule has 7 atom stereocenters. The Labute approximate surface area is 190 Å². The standard InChI is InChI=1S/C13H19ClN3O13P3/c1-3-13(14)8(6-18)10(27-11(13)17-5-4-9(15)16-12(17)19)7(2)28-32(23,24)30-33(25,26)29-31(20,21)22/h1,4-5,7-8,10-11,18H,6H2,2H3,(H,23,24)(H,25,26)(H2,15,16,19)(H2,20,21,22)/t7-,8?,10+,11+,13?/m0/s1. The van der Waals surface area contributed by atoms with Crippen LogP contribution in [0.1, 0.15) is 13.2 Å². The van der Waals surface area contributed by atoms with Crippen molar-refractivity contribution in [3.8, 4) is 12.3 Å². The molecule has 4 unspecified atom stereocenters. The Morgan fingerprint density at radius 1 is 1.33 bits per heavy atom. The van der Waals surface area contributed by atoms with Gasteiger partial charge in [0.25, 0.3) is 0 Å². The van der Waals surface area contributed by atoms with Gasteiger partial charge in [-0.3, -0.25) is 9.09 Å². The fourth-order valence-electron chi connectivity index (χ4n) is 3.06. The van der Waals surface area contributed by atoms with Gasteiger partial charge in [0, 0.05) is 12.1 Å². The number of ether oxygens (including phenoxy) is 1. The maximum atomic E-state index is 12.2. The van der Waals surface area contributed by atoms with Crippen molar-refractivity contribution in [3.05, 3.63) is 22.7 Å². The number of nitrogens with zero attached hydrogens (tertiary/aromatic N) is 2. The van der Waals surface area contributed by atoms with Crippen molar-refractivity contribution in [2.75, 3.05) is 12.3 Å². The molecule has 186 valence electrons. The summed E-state index contributed by atoms with van der Waals surface area (Å²) in [5, 5.41) is 9.85. The van der Waals surface area contributed by atoms with Crippen molar-refractivity contribution in [3.63, 3.8) is 0 Å². The third kappa shape index (κ3) is 6.72. The number of alkyl halides is 1. The number of phosphoric acid groups is 3. The van der Waals surface area contributed by atoms with Crippen LogP contribution in [0.2, 0.25) is 0 Å². The van der Waals surface area contributed by atoms with Gasteiger partial charge in [-0.1, -0.05) is 17.5 Å². The Morgan fingerprint density at radius 3 is 2.42 bits per heavy atom. The normalized spacial score (nSPS) is 30.2. The van der Waals surface area contributed by atoms with Crippen LogP contribution in [-0.4, -0.2) is 57.9 Å². The number of halogens is 1. The van der Waals surface area contributed by atoms with E-state index in [9.17, 15) is 33.4 Å². The van der Waals surface area contributed by atoms with Gasteiger partial charge in [0.1, 0.15) is 5.82 Å². The molecule has 2 rings (SSSR count). The van der Waals surface area contributed by atoms with Gasteiger partial charge in [-0.15, -0.1) is 6.42 Å². The van der Waals surface area contributed by atoms with E-state index in [4.69, 9.17) is 42.8 Å². The number of hydrogen-bond donors (Lipinski definition) is 6. The lowest BCUT2D eigenvalue weighted by Crippen LogP contribution is -2.42. The van der Waals surface area contributed by atoms with Crippen molar-refractivity contribution in [1.82, 2.24) is 9.55 Å². The highest BCUT2D eigenvalue weighted by Crippen LogP contribution is 2.67. The minimum Gasteiger partial charge on any atom is -0.396 e. The molecule has 0 aromatic carbocycles. The second kappa shape index (κ2) is 9.85. The number of hydrogen-bond acceptors (Lipinski definition) is 11. The molecule has 20 heteroatoms. The van der Waals surface area contributed by atoms with Crippen LogP contribution in [0.4, 0.5) is 5.82 Å². The van der Waals surface area contributed by atoms with Crippen LogP contribution in [0.5, 0.6) is 0 Å². The second-order valence-electron chi connectivity index (χ2n) is 6.60. The molecular weight excluding hydrogens is 535 g/mol. The zero-order valence-electron chi connectivity index (χ0n) is 16.4. The summed E-state index contributed by atoms with van der Waals surface area (Å²) in [6, 6.07) is 1.23. The molecule has 0 spiro atoms. The minimum atomic E-state index is -5.76. The first kappa shape index (κ1) is 28.1. The fourth-order valence-corrected chi connectivity index (χ4v) is 6.61. The third-order valence-corrected chi connectivity index (χ3v) is 8.78. The Balaban J connectivity index is 2.32. The van der Waals surface area contributed by atoms with Gasteiger partial charge in [0.05, 0.1) is 18.8 Å². The van der Waals surface area contributed by atoms with E-state index in [1.807, 2.05) is 0 Å². The number of aliphatic hydroxyl groups excluding tert-OH is 1. The van der Waals surface area contributed by atoms with Crippen LogP contribution in [-0.2, 0) is 31.6 Å². The first-order valence-corrected chi connectivity index (χ1v) is 13.4. The predicted octanol–water partition coefficient (Wildman–Crippen LogP) is -0.326. The van der Waals surface area contributed by atoms with Gasteiger partial charge in [-0.25, -0.2) is 18.5 Å². The maximum Gasteiger partial charge on any atom is 0.490 e. The zero-order valence-corrected chi connectivity index (χ0v) is 19.9. The molecule has 16 nitrogen and oxygen atoms in total. The van der Waals surface area contributed by atoms with Gasteiger partial charge in [-0.05, 0) is 13.0 Å². The minimum absolute atomic E-state index is 0.119. The molecule has 1 saturated heterocycles. The van der Waals surface area contributed by atoms with Crippen molar-refractivity contribution in [1.29, 1.82) is 0 Å². The Bertz CT molecular complexity index is 1130. The number of phosphoric ester groups is 1. The quantitative estimate of drug-likeness (QED) is 0.130. The molecule has 0 saturated carbocycles. The summed E-state index contributed by atoms with van der Waals surface area (Å²) < 4.78 is 52.9. The zero-order chi connectivity index (χ0) is 25.4. The Hall–Kier alpha value is -1.14. The van der Waals surface area contributed by atoms with Gasteiger partial charge < -0.3 is 35.2 Å². The van der Waals surface area contributed by atoms with Crippen LogP contribution in [0.3, 0.4) is 0 Å². The summed E-state index contributed by atoms with van der Waals surface area (Å²) in [5.41, 5.74) is 4.52. The topological polar surface area (TPSA) is 250 Å². The summed E-state index contributed by atoms with van der Waals surface area (Å²) in [7, 11) is -16.9. The molecule has 1 fully saturated rings. The van der Waals surface area contributed by atoms with E-state index in [0.717, 1.165) is 17.7 Å². The maximum absolute atomic E-state index is 12.2. The van der Waals surface area contributed by atoms with E-state index in [1.54, 1.807) is 0 Å². The van der Waals surface area contributed by atoms with Crippen LogP contribution < -0.4 is 11.4 Å². The number of nitrogens with two attached hydrogens (primary N) is 1. The first-order chi connectivity index (χ1) is 14.9. The third-order valence-electron chi connectivity index (χ3n) is 4.28. The molecular formula is C13H19ClN3O13P3. The van der Waals surface area contributed by atoms with Gasteiger partial charge in [0.15, 0.2) is 11.1 Å². The lowest BCUT2D eigenvalue weighted by atomic mass is 9.87. The van der Waals surface area contributed by atoms with Crippen molar-refractivity contribution in [2.45, 2.75) is 30.2 Å². The van der Waals surface area contributed by atoms with Gasteiger partial charge in [0.2, 0.25) is 0 Å². The number of nitrogen functional groups attached to an aromatic ring is 1. The first-order valence-electron chi connectivity index (χ1n) is 8.54. The lowest BCUT2D eigenvalue weighted by Gasteiger charge is -2.28. The van der Waals surface area contributed by atoms with E-state index in [0.29, 0.717) is 0 Å². The number of aromatic nitrogens is 2. The smallest absolute Gasteiger partial charge is 0.396 e. The number of anilines is 1. The van der Waals surface area contributed by atoms with E-state index in [1.165, 1.54) is 6.07 Å². The average Bonchev–Trinajstić information content (AvgIpc) is 2.91. The number of aliphatic hydroxyl groups is 1. The van der Waals surface area contributed by atoms with Crippen molar-refractivity contribution < 1.29 is 56.3 Å². The molecule has 1 aromatic rings. The summed E-state index contributed by atoms with van der Waals surface area (Å²) in [6.45, 7) is 0.335. The molecule has 33 heavy (non-hydrogen) atoms. The summed E-state index contributed by atoms with van der Waals surface area (Å²) in [4.78, 5) is 50.0. The predicted molar refractivity (Wildman–Crippen MR) is 109 cm³/mol. The number of rotatable bonds is 9. The van der Waals surface area contributed by atoms with Gasteiger partial charge in [-0.2, -0.15) is 13.6 Å². The molecule has 2 heterocycles. The monoisotopic (exact) mass is 553 g/mol. The largest absolute Gasteiger partial charge is 0.490 e. The highest BCUT2D eigenvalue weighted by molar-refractivity contribution is 7.66. The molecule has 0 amide bonds. The van der Waals surface area contributed by atoms with Crippen molar-refractivity contribution >= 4 is 40.9 Å². The van der Waals surface area contributed by atoms with E-state index in [2.05, 4.69) is 19.5 Å².